The lowest BCUT2D eigenvalue weighted by atomic mass is 10.1. The van der Waals surface area contributed by atoms with Crippen molar-refractivity contribution in [3.63, 3.8) is 0 Å². The third kappa shape index (κ3) is 3.27. The summed E-state index contributed by atoms with van der Waals surface area (Å²) in [6.45, 7) is 0. The summed E-state index contributed by atoms with van der Waals surface area (Å²) in [6.07, 6.45) is 1.67. The first-order chi connectivity index (χ1) is 11.1. The van der Waals surface area contributed by atoms with Crippen molar-refractivity contribution in [3.05, 3.63) is 65.7 Å². The van der Waals surface area contributed by atoms with Crippen molar-refractivity contribution < 1.29 is 9.53 Å². The number of hydrogen-bond acceptors (Lipinski definition) is 5. The minimum Gasteiger partial charge on any atom is -0.423 e. The Bertz CT molecular complexity index is 829. The van der Waals surface area contributed by atoms with Crippen molar-refractivity contribution >= 4 is 40.7 Å². The Kier molecular flexibility index (Phi) is 4.16. The SMILES string of the molecule is NC(=S)C1=NNc2ccccc2C=C1C(=O)Oc1ccccc1. The zero-order chi connectivity index (χ0) is 16.2. The lowest BCUT2D eigenvalue weighted by molar-refractivity contribution is -0.129. The highest BCUT2D eigenvalue weighted by atomic mass is 32.1. The molecule has 114 valence electrons. The minimum atomic E-state index is -0.568. The zero-order valence-electron chi connectivity index (χ0n) is 12.0. The molecule has 0 aromatic heterocycles. The van der Waals surface area contributed by atoms with Crippen LogP contribution in [0.5, 0.6) is 5.75 Å². The highest BCUT2D eigenvalue weighted by molar-refractivity contribution is 7.82. The van der Waals surface area contributed by atoms with Crippen LogP contribution in [0.2, 0.25) is 0 Å². The number of benzene rings is 2. The van der Waals surface area contributed by atoms with E-state index >= 15 is 0 Å². The summed E-state index contributed by atoms with van der Waals surface area (Å²) >= 11 is 5.01. The molecule has 6 heteroatoms. The molecule has 3 rings (SSSR count). The van der Waals surface area contributed by atoms with Crippen molar-refractivity contribution in [2.75, 3.05) is 5.43 Å². The number of para-hydroxylation sites is 2. The van der Waals surface area contributed by atoms with E-state index < -0.39 is 5.97 Å². The van der Waals surface area contributed by atoms with Crippen molar-refractivity contribution in [1.29, 1.82) is 0 Å². The number of fused-ring (bicyclic) bond motifs is 1. The molecule has 0 amide bonds. The van der Waals surface area contributed by atoms with Crippen LogP contribution in [-0.2, 0) is 4.79 Å². The van der Waals surface area contributed by atoms with E-state index in [2.05, 4.69) is 10.5 Å². The maximum absolute atomic E-state index is 12.5. The Labute approximate surface area is 138 Å². The van der Waals surface area contributed by atoms with Crippen LogP contribution >= 0.6 is 12.2 Å². The van der Waals surface area contributed by atoms with Gasteiger partial charge in [-0.15, -0.1) is 0 Å². The molecular weight excluding hydrogens is 310 g/mol. The van der Waals surface area contributed by atoms with Gasteiger partial charge in [0.2, 0.25) is 0 Å². The maximum atomic E-state index is 12.5. The molecule has 0 fully saturated rings. The van der Waals surface area contributed by atoms with E-state index in [-0.39, 0.29) is 16.3 Å². The molecule has 0 radical (unpaired) electrons. The number of hydrazone groups is 1. The van der Waals surface area contributed by atoms with Gasteiger partial charge in [-0.3, -0.25) is 5.43 Å². The lowest BCUT2D eigenvalue weighted by Gasteiger charge is -2.08. The smallest absolute Gasteiger partial charge is 0.345 e. The predicted octanol–water partition coefficient (Wildman–Crippen LogP) is 2.74. The van der Waals surface area contributed by atoms with Crippen molar-refractivity contribution in [2.24, 2.45) is 10.8 Å². The molecule has 0 saturated carbocycles. The molecule has 0 saturated heterocycles. The second-order valence-electron chi connectivity index (χ2n) is 4.78. The number of hydrogen-bond donors (Lipinski definition) is 2. The first kappa shape index (κ1) is 14.9. The second-order valence-corrected chi connectivity index (χ2v) is 5.22. The Morgan fingerprint density at radius 3 is 2.52 bits per heavy atom. The molecule has 0 atom stereocenters. The number of esters is 1. The molecule has 2 aromatic rings. The second kappa shape index (κ2) is 6.41. The highest BCUT2D eigenvalue weighted by Crippen LogP contribution is 2.23. The average Bonchev–Trinajstić information content (AvgIpc) is 2.75. The number of rotatable bonds is 3. The first-order valence-electron chi connectivity index (χ1n) is 6.87. The molecule has 1 heterocycles. The summed E-state index contributed by atoms with van der Waals surface area (Å²) < 4.78 is 5.37. The Balaban J connectivity index is 2.00. The van der Waals surface area contributed by atoms with Gasteiger partial charge < -0.3 is 10.5 Å². The Hall–Kier alpha value is -2.99. The molecule has 1 aliphatic rings. The van der Waals surface area contributed by atoms with Gasteiger partial charge in [0, 0.05) is 5.56 Å². The zero-order valence-corrected chi connectivity index (χ0v) is 12.8. The molecule has 23 heavy (non-hydrogen) atoms. The standard InChI is InChI=1S/C17H13N3O2S/c18-16(23)15-13(17(21)22-12-7-2-1-3-8-12)10-11-6-4-5-9-14(11)19-20-15/h1-10,19H,(H2,18,23). The van der Waals surface area contributed by atoms with E-state index in [0.717, 1.165) is 11.3 Å². The van der Waals surface area contributed by atoms with Gasteiger partial charge in [0.15, 0.2) is 0 Å². The Morgan fingerprint density at radius 1 is 1.09 bits per heavy atom. The van der Waals surface area contributed by atoms with E-state index in [1.165, 1.54) is 0 Å². The van der Waals surface area contributed by atoms with Gasteiger partial charge in [0.25, 0.3) is 0 Å². The van der Waals surface area contributed by atoms with E-state index in [1.54, 1.807) is 30.3 Å². The minimum absolute atomic E-state index is 0.0153. The molecule has 0 spiro atoms. The summed E-state index contributed by atoms with van der Waals surface area (Å²) in [6, 6.07) is 16.2. The molecule has 5 nitrogen and oxygen atoms in total. The average molecular weight is 323 g/mol. The molecule has 2 aromatic carbocycles. The van der Waals surface area contributed by atoms with E-state index in [4.69, 9.17) is 22.7 Å². The molecule has 1 aliphatic heterocycles. The van der Waals surface area contributed by atoms with Crippen LogP contribution in [0.15, 0.2) is 65.3 Å². The quantitative estimate of drug-likeness (QED) is 0.516. The van der Waals surface area contributed by atoms with Crippen molar-refractivity contribution in [3.8, 4) is 5.75 Å². The third-order valence-electron chi connectivity index (χ3n) is 3.21. The molecule has 0 bridgehead atoms. The van der Waals surface area contributed by atoms with Gasteiger partial charge in [-0.2, -0.15) is 5.10 Å². The molecule has 0 unspecified atom stereocenters. The van der Waals surface area contributed by atoms with Gasteiger partial charge in [-0.25, -0.2) is 4.79 Å². The molecule has 3 N–H and O–H groups in total. The van der Waals surface area contributed by atoms with Crippen molar-refractivity contribution in [1.82, 2.24) is 0 Å². The number of nitrogens with zero attached hydrogens (tertiary/aromatic N) is 1. The fourth-order valence-corrected chi connectivity index (χ4v) is 2.27. The topological polar surface area (TPSA) is 76.7 Å². The van der Waals surface area contributed by atoms with Gasteiger partial charge in [0.05, 0.1) is 11.3 Å². The van der Waals surface area contributed by atoms with Crippen LogP contribution in [-0.4, -0.2) is 16.7 Å². The summed E-state index contributed by atoms with van der Waals surface area (Å²) in [5.41, 5.74) is 10.5. The summed E-state index contributed by atoms with van der Waals surface area (Å²) in [4.78, 5) is 12.5. The number of carbonyl (C=O) groups excluding carboxylic acids is 1. The van der Waals surface area contributed by atoms with Crippen LogP contribution in [0.3, 0.4) is 0 Å². The van der Waals surface area contributed by atoms with E-state index in [0.29, 0.717) is 5.75 Å². The summed E-state index contributed by atoms with van der Waals surface area (Å²) in [5.74, 6) is -0.132. The monoisotopic (exact) mass is 323 g/mol. The first-order valence-corrected chi connectivity index (χ1v) is 7.28. The number of nitrogens with one attached hydrogen (secondary N) is 1. The predicted molar refractivity (Wildman–Crippen MR) is 94.3 cm³/mol. The number of carbonyl (C=O) groups is 1. The number of ether oxygens (including phenoxy) is 1. The van der Waals surface area contributed by atoms with Crippen LogP contribution < -0.4 is 15.9 Å². The van der Waals surface area contributed by atoms with Crippen LogP contribution in [0.25, 0.3) is 6.08 Å². The van der Waals surface area contributed by atoms with E-state index in [9.17, 15) is 4.79 Å². The fourth-order valence-electron chi connectivity index (χ4n) is 2.12. The van der Waals surface area contributed by atoms with Crippen LogP contribution in [0.4, 0.5) is 5.69 Å². The van der Waals surface area contributed by atoms with Crippen LogP contribution in [0, 0.1) is 0 Å². The largest absolute Gasteiger partial charge is 0.423 e. The Morgan fingerprint density at radius 2 is 1.78 bits per heavy atom. The molecular formula is C17H13N3O2S. The molecule has 0 aliphatic carbocycles. The number of anilines is 1. The van der Waals surface area contributed by atoms with Crippen LogP contribution in [0.1, 0.15) is 5.56 Å². The fraction of sp³-hybridized carbons (Fsp3) is 0. The highest BCUT2D eigenvalue weighted by Gasteiger charge is 2.23. The number of nitrogens with two attached hydrogens (primary N) is 1. The van der Waals surface area contributed by atoms with Gasteiger partial charge in [0.1, 0.15) is 16.4 Å². The third-order valence-corrected chi connectivity index (χ3v) is 3.40. The number of thiocarbonyl (C=S) groups is 1. The normalized spacial score (nSPS) is 12.9. The summed E-state index contributed by atoms with van der Waals surface area (Å²) in [7, 11) is 0. The van der Waals surface area contributed by atoms with Gasteiger partial charge >= 0.3 is 5.97 Å². The van der Waals surface area contributed by atoms with Crippen molar-refractivity contribution in [2.45, 2.75) is 0 Å². The lowest BCUT2D eigenvalue weighted by Crippen LogP contribution is -2.29. The van der Waals surface area contributed by atoms with Gasteiger partial charge in [-0.05, 0) is 24.3 Å². The summed E-state index contributed by atoms with van der Waals surface area (Å²) in [5, 5.41) is 4.14. The van der Waals surface area contributed by atoms with E-state index in [1.807, 2.05) is 30.3 Å². The maximum Gasteiger partial charge on any atom is 0.345 e. The van der Waals surface area contributed by atoms with Gasteiger partial charge in [-0.1, -0.05) is 48.6 Å².